The van der Waals surface area contributed by atoms with Gasteiger partial charge in [0.25, 0.3) is 0 Å². The Labute approximate surface area is 116 Å². The molecule has 108 valence electrons. The summed E-state index contributed by atoms with van der Waals surface area (Å²) >= 11 is 0. The van der Waals surface area contributed by atoms with Crippen molar-refractivity contribution in [2.45, 2.75) is 16.3 Å². The molecule has 10 heteroatoms. The van der Waals surface area contributed by atoms with Gasteiger partial charge in [0.2, 0.25) is 20.0 Å². The fraction of sp³-hybridized carbons (Fsp3) is 0.100. The Morgan fingerprint density at radius 2 is 1.90 bits per heavy atom. The van der Waals surface area contributed by atoms with Gasteiger partial charge in [0.1, 0.15) is 5.82 Å². The topological polar surface area (TPSA) is 135 Å². The van der Waals surface area contributed by atoms with Crippen LogP contribution >= 0.6 is 0 Å². The summed E-state index contributed by atoms with van der Waals surface area (Å²) in [6.45, 7) is -0.0328. The van der Waals surface area contributed by atoms with E-state index in [-0.39, 0.29) is 16.3 Å². The first-order valence-corrected chi connectivity index (χ1v) is 8.43. The third-order valence-corrected chi connectivity index (χ3v) is 4.74. The van der Waals surface area contributed by atoms with Crippen molar-refractivity contribution in [3.63, 3.8) is 0 Å². The third-order valence-electron chi connectivity index (χ3n) is 2.43. The minimum absolute atomic E-state index is 0.0328. The number of rotatable bonds is 5. The molecule has 0 saturated carbocycles. The molecule has 0 spiro atoms. The zero-order chi connectivity index (χ0) is 14.8. The molecule has 0 aliphatic heterocycles. The van der Waals surface area contributed by atoms with Crippen LogP contribution in [0.25, 0.3) is 0 Å². The van der Waals surface area contributed by atoms with Gasteiger partial charge in [-0.2, -0.15) is 0 Å². The number of primary sulfonamides is 1. The van der Waals surface area contributed by atoms with Gasteiger partial charge in [0.15, 0.2) is 0 Å². The molecule has 1 aromatic heterocycles. The summed E-state index contributed by atoms with van der Waals surface area (Å²) in [6, 6.07) is 4.81. The largest absolute Gasteiger partial charge is 0.347 e. The molecule has 2 aromatic rings. The predicted molar refractivity (Wildman–Crippen MR) is 70.4 cm³/mol. The Morgan fingerprint density at radius 3 is 2.50 bits per heavy atom. The molecule has 2 rings (SSSR count). The highest BCUT2D eigenvalue weighted by Gasteiger charge is 2.17. The summed E-state index contributed by atoms with van der Waals surface area (Å²) in [7, 11) is -7.80. The molecule has 0 aliphatic carbocycles. The minimum atomic E-state index is -3.95. The van der Waals surface area contributed by atoms with Gasteiger partial charge in [-0.05, 0) is 18.2 Å². The molecule has 0 amide bonds. The number of hydrogen-bond donors (Lipinski definition) is 3. The van der Waals surface area contributed by atoms with Gasteiger partial charge in [-0.25, -0.2) is 31.7 Å². The molecule has 0 saturated heterocycles. The van der Waals surface area contributed by atoms with Crippen LogP contribution < -0.4 is 9.86 Å². The highest BCUT2D eigenvalue weighted by atomic mass is 32.2. The van der Waals surface area contributed by atoms with E-state index in [9.17, 15) is 16.8 Å². The zero-order valence-electron chi connectivity index (χ0n) is 10.1. The molecule has 8 nitrogen and oxygen atoms in total. The first-order valence-electron chi connectivity index (χ1n) is 5.40. The SMILES string of the molecule is NS(=O)(=O)c1cccc(S(=O)(=O)NCc2ncc[nH]2)c1. The van der Waals surface area contributed by atoms with Crippen LogP contribution in [0.2, 0.25) is 0 Å². The molecule has 4 N–H and O–H groups in total. The number of nitrogens with one attached hydrogen (secondary N) is 2. The summed E-state index contributed by atoms with van der Waals surface area (Å²) in [5, 5.41) is 4.96. The Morgan fingerprint density at radius 1 is 1.20 bits per heavy atom. The molecule has 1 aromatic carbocycles. The second-order valence-electron chi connectivity index (χ2n) is 3.88. The molecular formula is C10H12N4O4S2. The van der Waals surface area contributed by atoms with E-state index in [1.165, 1.54) is 24.4 Å². The summed E-state index contributed by atoms with van der Waals surface area (Å²) in [6.07, 6.45) is 3.05. The number of H-pyrrole nitrogens is 1. The third kappa shape index (κ3) is 3.42. The van der Waals surface area contributed by atoms with Gasteiger partial charge < -0.3 is 4.98 Å². The molecule has 20 heavy (non-hydrogen) atoms. The number of aromatic nitrogens is 2. The lowest BCUT2D eigenvalue weighted by molar-refractivity contribution is 0.579. The van der Waals surface area contributed by atoms with E-state index < -0.39 is 20.0 Å². The summed E-state index contributed by atoms with van der Waals surface area (Å²) in [5.74, 6) is 0.441. The first-order chi connectivity index (χ1) is 9.29. The normalized spacial score (nSPS) is 12.4. The Balaban J connectivity index is 2.26. The van der Waals surface area contributed by atoms with Crippen LogP contribution in [0.4, 0.5) is 0 Å². The maximum absolute atomic E-state index is 12.0. The number of nitrogens with two attached hydrogens (primary N) is 1. The predicted octanol–water partition coefficient (Wildman–Crippen LogP) is -0.464. The van der Waals surface area contributed by atoms with Crippen molar-refractivity contribution in [1.29, 1.82) is 0 Å². The molecule has 0 aliphatic rings. The fourth-order valence-corrected chi connectivity index (χ4v) is 3.13. The van der Waals surface area contributed by atoms with E-state index in [0.717, 1.165) is 6.07 Å². The number of hydrogen-bond acceptors (Lipinski definition) is 5. The van der Waals surface area contributed by atoms with Gasteiger partial charge in [0.05, 0.1) is 16.3 Å². The minimum Gasteiger partial charge on any atom is -0.347 e. The zero-order valence-corrected chi connectivity index (χ0v) is 11.8. The Kier molecular flexibility index (Phi) is 3.90. The fourth-order valence-electron chi connectivity index (χ4n) is 1.46. The highest BCUT2D eigenvalue weighted by Crippen LogP contribution is 2.14. The van der Waals surface area contributed by atoms with Crippen LogP contribution in [0.5, 0.6) is 0 Å². The second kappa shape index (κ2) is 5.32. The number of benzene rings is 1. The quantitative estimate of drug-likeness (QED) is 0.685. The average Bonchev–Trinajstić information content (AvgIpc) is 2.89. The van der Waals surface area contributed by atoms with Crippen molar-refractivity contribution < 1.29 is 16.8 Å². The standard InChI is InChI=1S/C10H12N4O4S2/c11-19(15,16)8-2-1-3-9(6-8)20(17,18)14-7-10-12-4-5-13-10/h1-6,14H,7H2,(H,12,13)(H2,11,15,16). The monoisotopic (exact) mass is 316 g/mol. The lowest BCUT2D eigenvalue weighted by Gasteiger charge is -2.06. The summed E-state index contributed by atoms with van der Waals surface area (Å²) < 4.78 is 48.7. The van der Waals surface area contributed by atoms with Crippen LogP contribution in [-0.2, 0) is 26.6 Å². The van der Waals surface area contributed by atoms with Gasteiger partial charge in [0, 0.05) is 12.4 Å². The Hall–Kier alpha value is -1.75. The van der Waals surface area contributed by atoms with Crippen molar-refractivity contribution in [1.82, 2.24) is 14.7 Å². The maximum atomic E-state index is 12.0. The lowest BCUT2D eigenvalue weighted by Crippen LogP contribution is -2.24. The second-order valence-corrected chi connectivity index (χ2v) is 7.21. The number of aromatic amines is 1. The van der Waals surface area contributed by atoms with Gasteiger partial charge in [-0.3, -0.25) is 0 Å². The van der Waals surface area contributed by atoms with Crippen LogP contribution in [0.15, 0.2) is 46.5 Å². The van der Waals surface area contributed by atoms with E-state index >= 15 is 0 Å². The molecule has 0 radical (unpaired) electrons. The number of nitrogens with zero attached hydrogens (tertiary/aromatic N) is 1. The number of imidazole rings is 1. The van der Waals surface area contributed by atoms with E-state index in [1.54, 1.807) is 6.20 Å². The lowest BCUT2D eigenvalue weighted by atomic mass is 10.4. The maximum Gasteiger partial charge on any atom is 0.241 e. The highest BCUT2D eigenvalue weighted by molar-refractivity contribution is 7.90. The van der Waals surface area contributed by atoms with E-state index in [0.29, 0.717) is 5.82 Å². The van der Waals surface area contributed by atoms with Crippen molar-refractivity contribution in [3.8, 4) is 0 Å². The molecule has 0 atom stereocenters. The average molecular weight is 316 g/mol. The molecular weight excluding hydrogens is 304 g/mol. The molecule has 0 bridgehead atoms. The van der Waals surface area contributed by atoms with Crippen LogP contribution in [0.3, 0.4) is 0 Å². The van der Waals surface area contributed by atoms with Crippen LogP contribution in [-0.4, -0.2) is 26.8 Å². The van der Waals surface area contributed by atoms with Gasteiger partial charge in [-0.1, -0.05) is 6.07 Å². The van der Waals surface area contributed by atoms with Crippen LogP contribution in [0.1, 0.15) is 5.82 Å². The Bertz CT molecular complexity index is 798. The van der Waals surface area contributed by atoms with Crippen LogP contribution in [0, 0.1) is 0 Å². The van der Waals surface area contributed by atoms with Crippen molar-refractivity contribution in [2.24, 2.45) is 5.14 Å². The van der Waals surface area contributed by atoms with Gasteiger partial charge in [-0.15, -0.1) is 0 Å². The van der Waals surface area contributed by atoms with Crippen molar-refractivity contribution >= 4 is 20.0 Å². The van der Waals surface area contributed by atoms with Gasteiger partial charge >= 0.3 is 0 Å². The molecule has 0 fully saturated rings. The molecule has 0 unspecified atom stereocenters. The van der Waals surface area contributed by atoms with E-state index in [1.807, 2.05) is 0 Å². The summed E-state index contributed by atoms with van der Waals surface area (Å²) in [5.41, 5.74) is 0. The van der Waals surface area contributed by atoms with E-state index in [4.69, 9.17) is 5.14 Å². The van der Waals surface area contributed by atoms with E-state index in [2.05, 4.69) is 14.7 Å². The molecule has 1 heterocycles. The van der Waals surface area contributed by atoms with Crippen molar-refractivity contribution in [3.05, 3.63) is 42.5 Å². The number of sulfonamides is 2. The summed E-state index contributed by atoms with van der Waals surface area (Å²) in [4.78, 5) is 6.16. The first kappa shape index (κ1) is 14.7. The van der Waals surface area contributed by atoms with Crippen molar-refractivity contribution in [2.75, 3.05) is 0 Å². The smallest absolute Gasteiger partial charge is 0.241 e.